The lowest BCUT2D eigenvalue weighted by Crippen LogP contribution is -2.25. The van der Waals surface area contributed by atoms with Crippen molar-refractivity contribution >= 4 is 28.5 Å². The topological polar surface area (TPSA) is 75.0 Å². The fraction of sp³-hybridized carbons (Fsp3) is 0.238. The van der Waals surface area contributed by atoms with Gasteiger partial charge in [0.25, 0.3) is 0 Å². The van der Waals surface area contributed by atoms with Gasteiger partial charge in [0.2, 0.25) is 0 Å². The summed E-state index contributed by atoms with van der Waals surface area (Å²) in [6.07, 6.45) is 2.66. The second kappa shape index (κ2) is 7.56. The molecule has 144 valence electrons. The lowest BCUT2D eigenvalue weighted by atomic mass is 9.86. The van der Waals surface area contributed by atoms with Crippen molar-refractivity contribution in [2.75, 3.05) is 7.11 Å². The van der Waals surface area contributed by atoms with Gasteiger partial charge in [-0.3, -0.25) is 14.6 Å². The molecule has 0 N–H and O–H groups in total. The van der Waals surface area contributed by atoms with E-state index in [1.807, 2.05) is 0 Å². The summed E-state index contributed by atoms with van der Waals surface area (Å²) in [6.45, 7) is 0. The van der Waals surface area contributed by atoms with E-state index in [-0.39, 0.29) is 34.4 Å². The first kappa shape index (κ1) is 18.4. The van der Waals surface area contributed by atoms with E-state index in [4.69, 9.17) is 30.5 Å². The molecule has 1 aromatic heterocycles. The molecule has 3 aromatic rings. The van der Waals surface area contributed by atoms with Gasteiger partial charge >= 0.3 is 5.97 Å². The summed E-state index contributed by atoms with van der Waals surface area (Å²) in [5, 5.41) is 0.717. The molecule has 1 saturated carbocycles. The summed E-state index contributed by atoms with van der Waals surface area (Å²) >= 11 is 6.18. The lowest BCUT2D eigenvalue weighted by Gasteiger charge is -2.21. The van der Waals surface area contributed by atoms with E-state index in [0.717, 1.165) is 19.3 Å². The maximum Gasteiger partial charge on any atom is 0.358 e. The van der Waals surface area contributed by atoms with Crippen LogP contribution in [0, 0.1) is 5.92 Å². The summed E-state index contributed by atoms with van der Waals surface area (Å²) in [5.41, 5.74) is 0.526. The maximum atomic E-state index is 12.5. The molecule has 0 atom stereocenters. The average Bonchev–Trinajstić information content (AvgIpc) is 2.65. The molecule has 0 bridgehead atoms. The first-order valence-electron chi connectivity index (χ1n) is 8.86. The summed E-state index contributed by atoms with van der Waals surface area (Å²) in [4.78, 5) is 34.4. The first-order chi connectivity index (χ1) is 13.6. The second-order valence-corrected chi connectivity index (χ2v) is 6.97. The van der Waals surface area contributed by atoms with Crippen LogP contribution in [-0.2, 0) is 9.68 Å². The van der Waals surface area contributed by atoms with Crippen molar-refractivity contribution in [3.63, 3.8) is 0 Å². The highest BCUT2D eigenvalue weighted by Crippen LogP contribution is 2.35. The molecule has 1 heterocycles. The second-order valence-electron chi connectivity index (χ2n) is 6.57. The zero-order valence-corrected chi connectivity index (χ0v) is 15.8. The fourth-order valence-electron chi connectivity index (χ4n) is 3.01. The van der Waals surface area contributed by atoms with Crippen molar-refractivity contribution in [1.82, 2.24) is 0 Å². The zero-order valence-electron chi connectivity index (χ0n) is 15.1. The van der Waals surface area contributed by atoms with E-state index in [1.165, 1.54) is 13.2 Å². The van der Waals surface area contributed by atoms with E-state index in [0.29, 0.717) is 21.7 Å². The predicted octanol–water partition coefficient (Wildman–Crippen LogP) is 4.76. The third-order valence-corrected chi connectivity index (χ3v) is 5.10. The quantitative estimate of drug-likeness (QED) is 0.454. The van der Waals surface area contributed by atoms with Crippen molar-refractivity contribution < 1.29 is 23.7 Å². The van der Waals surface area contributed by atoms with Gasteiger partial charge in [0.1, 0.15) is 11.5 Å². The van der Waals surface area contributed by atoms with E-state index in [2.05, 4.69) is 0 Å². The highest BCUT2D eigenvalue weighted by atomic mass is 35.5. The van der Waals surface area contributed by atoms with E-state index >= 15 is 0 Å². The number of carbonyl (C=O) groups excluding carboxylic acids is 1. The minimum absolute atomic E-state index is 0.0987. The Bertz CT molecular complexity index is 1100. The van der Waals surface area contributed by atoms with Gasteiger partial charge in [0, 0.05) is 12.1 Å². The molecule has 1 aliphatic carbocycles. The number of hydrogen-bond donors (Lipinski definition) is 0. The molecule has 0 radical (unpaired) electrons. The van der Waals surface area contributed by atoms with Gasteiger partial charge in [-0.15, -0.1) is 0 Å². The normalized spacial score (nSPS) is 13.8. The predicted molar refractivity (Wildman–Crippen MR) is 104 cm³/mol. The summed E-state index contributed by atoms with van der Waals surface area (Å²) < 4.78 is 11.2. The van der Waals surface area contributed by atoms with Crippen molar-refractivity contribution in [2.45, 2.75) is 19.3 Å². The molecule has 28 heavy (non-hydrogen) atoms. The molecule has 4 rings (SSSR count). The Hall–Kier alpha value is -2.99. The zero-order chi connectivity index (χ0) is 19.7. The summed E-state index contributed by atoms with van der Waals surface area (Å²) in [7, 11) is 1.50. The third-order valence-electron chi connectivity index (χ3n) is 4.80. The van der Waals surface area contributed by atoms with Crippen LogP contribution >= 0.6 is 11.6 Å². The molecule has 0 saturated heterocycles. The van der Waals surface area contributed by atoms with Gasteiger partial charge in [-0.1, -0.05) is 24.1 Å². The van der Waals surface area contributed by atoms with Gasteiger partial charge in [-0.25, -0.2) is 4.79 Å². The third kappa shape index (κ3) is 3.43. The van der Waals surface area contributed by atoms with Crippen LogP contribution < -0.4 is 15.1 Å². The Labute approximate surface area is 165 Å². The van der Waals surface area contributed by atoms with Gasteiger partial charge in [-0.2, -0.15) is 0 Å². The molecule has 6 nitrogen and oxygen atoms in total. The van der Waals surface area contributed by atoms with E-state index in [1.54, 1.807) is 36.4 Å². The highest BCUT2D eigenvalue weighted by Gasteiger charge is 2.28. The van der Waals surface area contributed by atoms with Gasteiger partial charge in [0.05, 0.1) is 29.0 Å². The number of fused-ring (bicyclic) bond motifs is 1. The van der Waals surface area contributed by atoms with Crippen LogP contribution in [0.5, 0.6) is 11.5 Å². The van der Waals surface area contributed by atoms with Crippen LogP contribution in [0.25, 0.3) is 22.3 Å². The number of benzene rings is 2. The molecule has 1 fully saturated rings. The van der Waals surface area contributed by atoms with Gasteiger partial charge < -0.3 is 9.15 Å². The van der Waals surface area contributed by atoms with E-state index < -0.39 is 0 Å². The van der Waals surface area contributed by atoms with Crippen molar-refractivity contribution in [3.05, 3.63) is 57.7 Å². The Morgan fingerprint density at radius 2 is 2.00 bits per heavy atom. The lowest BCUT2D eigenvalue weighted by molar-refractivity contribution is -0.221. The molecular formula is C21H17ClO6. The number of rotatable bonds is 5. The van der Waals surface area contributed by atoms with Crippen LogP contribution in [0.3, 0.4) is 0 Å². The van der Waals surface area contributed by atoms with Crippen LogP contribution in [0.15, 0.2) is 51.7 Å². The first-order valence-corrected chi connectivity index (χ1v) is 9.24. The molecular weight excluding hydrogens is 384 g/mol. The van der Waals surface area contributed by atoms with Crippen molar-refractivity contribution in [2.24, 2.45) is 5.92 Å². The summed E-state index contributed by atoms with van der Waals surface area (Å²) in [6, 6.07) is 11.2. The molecule has 7 heteroatoms. The maximum absolute atomic E-state index is 12.5. The SMILES string of the molecule is COc1ccc(OOC(=O)C2CCC2)cc1-c1cc(=O)c2cccc(Cl)c2o1. The number of para-hydroxylation sites is 1. The molecule has 2 aromatic carbocycles. The van der Waals surface area contributed by atoms with Crippen LogP contribution in [0.2, 0.25) is 5.02 Å². The molecule has 0 aliphatic heterocycles. The minimum Gasteiger partial charge on any atom is -0.496 e. The Balaban J connectivity index is 1.70. The van der Waals surface area contributed by atoms with E-state index in [9.17, 15) is 9.59 Å². The monoisotopic (exact) mass is 400 g/mol. The van der Waals surface area contributed by atoms with Crippen molar-refractivity contribution in [1.29, 1.82) is 0 Å². The van der Waals surface area contributed by atoms with Crippen molar-refractivity contribution in [3.8, 4) is 22.8 Å². The number of hydrogen-bond acceptors (Lipinski definition) is 6. The number of halogens is 1. The standard InChI is InChI=1S/C21H17ClO6/c1-25-18-9-8-13(27-28-21(24)12-4-2-5-12)10-15(18)19-11-17(23)14-6-3-7-16(22)20(14)26-19/h3,6-12H,2,4-5H2,1H3. The number of carbonyl (C=O) groups is 1. The van der Waals surface area contributed by atoms with Gasteiger partial charge in [-0.05, 0) is 37.1 Å². The fourth-order valence-corrected chi connectivity index (χ4v) is 3.22. The van der Waals surface area contributed by atoms with Crippen LogP contribution in [0.1, 0.15) is 19.3 Å². The van der Waals surface area contributed by atoms with Crippen LogP contribution in [0.4, 0.5) is 0 Å². The number of methoxy groups -OCH3 is 1. The van der Waals surface area contributed by atoms with Gasteiger partial charge in [0.15, 0.2) is 16.8 Å². The Morgan fingerprint density at radius 3 is 2.71 bits per heavy atom. The minimum atomic E-state index is -0.382. The smallest absolute Gasteiger partial charge is 0.358 e. The largest absolute Gasteiger partial charge is 0.496 e. The Morgan fingerprint density at radius 1 is 1.18 bits per heavy atom. The highest BCUT2D eigenvalue weighted by molar-refractivity contribution is 6.34. The molecule has 0 spiro atoms. The molecule has 0 amide bonds. The molecule has 0 unspecified atom stereocenters. The van der Waals surface area contributed by atoms with Crippen LogP contribution in [-0.4, -0.2) is 13.1 Å². The average molecular weight is 401 g/mol. The number of ether oxygens (including phenoxy) is 1. The Kier molecular flexibility index (Phi) is 4.96. The summed E-state index contributed by atoms with van der Waals surface area (Å²) in [5.74, 6) is 0.529. The molecule has 1 aliphatic rings.